The summed E-state index contributed by atoms with van der Waals surface area (Å²) in [5.41, 5.74) is 0. The average molecular weight is 914 g/mol. The molecule has 11 nitrogen and oxygen atoms in total. The van der Waals surface area contributed by atoms with Gasteiger partial charge in [-0.05, 0) is 44.9 Å². The fourth-order valence-electron chi connectivity index (χ4n) is 7.47. The monoisotopic (exact) mass is 914 g/mol. The van der Waals surface area contributed by atoms with Crippen LogP contribution in [0.4, 0.5) is 0 Å². The van der Waals surface area contributed by atoms with E-state index in [9.17, 15) is 34.1 Å². The molecule has 0 aliphatic carbocycles. The summed E-state index contributed by atoms with van der Waals surface area (Å²) in [7, 11) is -4.76. The maximum absolute atomic E-state index is 12.3. The molecule has 0 bridgehead atoms. The number of esters is 1. The number of unbranched alkanes of at least 4 members (excludes halogenated alkanes) is 31. The zero-order chi connectivity index (χ0) is 46.3. The summed E-state index contributed by atoms with van der Waals surface area (Å²) in [6, 6.07) is -1.55. The summed E-state index contributed by atoms with van der Waals surface area (Å²) in [5.74, 6) is -2.37. The predicted molar refractivity (Wildman–Crippen MR) is 259 cm³/mol. The van der Waals surface area contributed by atoms with Crippen LogP contribution in [0, 0.1) is 0 Å². The Balaban J connectivity index is 3.80. The maximum atomic E-state index is 12.3. The Hall–Kier alpha value is -2.04. The number of amides is 1. The lowest BCUT2D eigenvalue weighted by atomic mass is 10.0. The van der Waals surface area contributed by atoms with Gasteiger partial charge in [0, 0.05) is 12.8 Å². The fraction of sp³-hybridized carbons (Fsp3) is 0.863. The molecule has 370 valence electrons. The molecule has 63 heavy (non-hydrogen) atoms. The molecule has 1 amide bonds. The van der Waals surface area contributed by atoms with E-state index in [1.165, 1.54) is 154 Å². The summed E-state index contributed by atoms with van der Waals surface area (Å²) < 4.78 is 27.0. The largest absolute Gasteiger partial charge is 0.480 e. The first-order chi connectivity index (χ1) is 30.6. The van der Waals surface area contributed by atoms with Gasteiger partial charge in [0.25, 0.3) is 0 Å². The number of carbonyl (C=O) groups is 3. The predicted octanol–water partition coefficient (Wildman–Crippen LogP) is 14.2. The Kier molecular flexibility index (Phi) is 45.0. The summed E-state index contributed by atoms with van der Waals surface area (Å²) in [6.07, 6.45) is 50.6. The normalized spacial score (nSPS) is 13.7. The molecule has 0 aromatic heterocycles. The Bertz CT molecular complexity index is 1160. The van der Waals surface area contributed by atoms with Crippen LogP contribution in [0.3, 0.4) is 0 Å². The number of aliphatic hydroxyl groups is 1. The molecule has 0 aliphatic rings. The van der Waals surface area contributed by atoms with E-state index in [0.29, 0.717) is 12.8 Å². The first-order valence-corrected chi connectivity index (χ1v) is 27.4. The minimum atomic E-state index is -4.76. The van der Waals surface area contributed by atoms with Crippen LogP contribution in [0.2, 0.25) is 0 Å². The Morgan fingerprint density at radius 2 is 0.873 bits per heavy atom. The van der Waals surface area contributed by atoms with E-state index in [0.717, 1.165) is 57.8 Å². The van der Waals surface area contributed by atoms with Crippen LogP contribution >= 0.6 is 7.82 Å². The van der Waals surface area contributed by atoms with Crippen LogP contribution in [0.1, 0.15) is 251 Å². The van der Waals surface area contributed by atoms with E-state index in [1.54, 1.807) is 0 Å². The molecule has 0 aliphatic heterocycles. The fourth-order valence-corrected chi connectivity index (χ4v) is 8.24. The molecule has 0 fully saturated rings. The van der Waals surface area contributed by atoms with Crippen molar-refractivity contribution in [2.24, 2.45) is 0 Å². The van der Waals surface area contributed by atoms with Crippen LogP contribution in [0.15, 0.2) is 24.3 Å². The van der Waals surface area contributed by atoms with Gasteiger partial charge in [0.2, 0.25) is 5.91 Å². The highest BCUT2D eigenvalue weighted by Crippen LogP contribution is 2.43. The SMILES string of the molecule is CCCCCC/C=C\C/C=C\CCCCCCCCCC(=O)NC(COP(=O)(O)OCC(O)COC(=O)CCCCCCCCCCCCCCCCCCCCCCC)C(=O)O. The molecule has 0 saturated heterocycles. The lowest BCUT2D eigenvalue weighted by Crippen LogP contribution is -2.43. The molecular weight excluding hydrogens is 818 g/mol. The van der Waals surface area contributed by atoms with Gasteiger partial charge in [-0.1, -0.05) is 218 Å². The number of aliphatic hydroxyl groups excluding tert-OH is 1. The Labute approximate surface area is 385 Å². The highest BCUT2D eigenvalue weighted by molar-refractivity contribution is 7.47. The second kappa shape index (κ2) is 46.5. The topological polar surface area (TPSA) is 169 Å². The van der Waals surface area contributed by atoms with E-state index in [2.05, 4.69) is 43.5 Å². The van der Waals surface area contributed by atoms with E-state index in [4.69, 9.17) is 13.8 Å². The lowest BCUT2D eigenvalue weighted by molar-refractivity contribution is -0.147. The van der Waals surface area contributed by atoms with Crippen LogP contribution in [-0.4, -0.2) is 64.9 Å². The molecule has 0 radical (unpaired) electrons. The van der Waals surface area contributed by atoms with Crippen LogP contribution in [0.25, 0.3) is 0 Å². The minimum Gasteiger partial charge on any atom is -0.480 e. The number of hydrogen-bond donors (Lipinski definition) is 4. The van der Waals surface area contributed by atoms with Gasteiger partial charge in [0.15, 0.2) is 6.04 Å². The minimum absolute atomic E-state index is 0.138. The van der Waals surface area contributed by atoms with Crippen molar-refractivity contribution in [3.05, 3.63) is 24.3 Å². The quantitative estimate of drug-likeness (QED) is 0.0199. The first-order valence-electron chi connectivity index (χ1n) is 25.9. The van der Waals surface area contributed by atoms with E-state index >= 15 is 0 Å². The van der Waals surface area contributed by atoms with Crippen molar-refractivity contribution in [2.45, 2.75) is 264 Å². The molecule has 0 heterocycles. The lowest BCUT2D eigenvalue weighted by Gasteiger charge is -2.18. The highest BCUT2D eigenvalue weighted by Gasteiger charge is 2.28. The van der Waals surface area contributed by atoms with Crippen molar-refractivity contribution < 1.29 is 47.8 Å². The maximum Gasteiger partial charge on any atom is 0.472 e. The van der Waals surface area contributed by atoms with Gasteiger partial charge in [-0.2, -0.15) is 0 Å². The zero-order valence-electron chi connectivity index (χ0n) is 40.4. The number of nitrogens with one attached hydrogen (secondary N) is 1. The van der Waals surface area contributed by atoms with Gasteiger partial charge in [-0.3, -0.25) is 18.6 Å². The number of allylic oxidation sites excluding steroid dienone is 4. The van der Waals surface area contributed by atoms with Gasteiger partial charge in [-0.15, -0.1) is 0 Å². The number of hydrogen-bond acceptors (Lipinski definition) is 8. The molecule has 3 atom stereocenters. The summed E-state index contributed by atoms with van der Waals surface area (Å²) >= 11 is 0. The van der Waals surface area contributed by atoms with Crippen LogP contribution < -0.4 is 5.32 Å². The zero-order valence-corrected chi connectivity index (χ0v) is 41.3. The van der Waals surface area contributed by atoms with Crippen molar-refractivity contribution in [1.82, 2.24) is 5.32 Å². The van der Waals surface area contributed by atoms with Gasteiger partial charge >= 0.3 is 19.8 Å². The number of phosphoric acid groups is 1. The van der Waals surface area contributed by atoms with Crippen molar-refractivity contribution in [3.63, 3.8) is 0 Å². The van der Waals surface area contributed by atoms with Gasteiger partial charge < -0.3 is 25.2 Å². The van der Waals surface area contributed by atoms with Gasteiger partial charge in [0.05, 0.1) is 13.2 Å². The van der Waals surface area contributed by atoms with Crippen molar-refractivity contribution in [3.8, 4) is 0 Å². The van der Waals surface area contributed by atoms with Crippen molar-refractivity contribution in [2.75, 3.05) is 19.8 Å². The summed E-state index contributed by atoms with van der Waals surface area (Å²) in [4.78, 5) is 46.1. The molecule has 0 rings (SSSR count). The Morgan fingerprint density at radius 3 is 1.30 bits per heavy atom. The van der Waals surface area contributed by atoms with E-state index in [-0.39, 0.29) is 12.8 Å². The van der Waals surface area contributed by atoms with E-state index in [1.807, 2.05) is 0 Å². The smallest absolute Gasteiger partial charge is 0.472 e. The standard InChI is InChI=1S/C51H96NO10P/c1-3-5-7-9-11-13-15-17-19-21-23-24-25-27-29-31-33-35-37-39-41-43-50(55)60-44-47(53)45-61-63(58,59)62-46-48(51(56)57)52-49(54)42-40-38-36-34-32-30-28-26-22-20-18-16-14-12-10-8-6-4-2/h14,16,20,22,47-48,53H,3-13,15,17-19,21,23-46H2,1-2H3,(H,52,54)(H,56,57)(H,58,59)/b16-14-,22-20-. The molecule has 4 N–H and O–H groups in total. The van der Waals surface area contributed by atoms with Gasteiger partial charge in [-0.25, -0.2) is 9.36 Å². The van der Waals surface area contributed by atoms with Crippen molar-refractivity contribution >= 4 is 25.7 Å². The third kappa shape index (κ3) is 46.3. The second-order valence-corrected chi connectivity index (χ2v) is 19.2. The summed E-state index contributed by atoms with van der Waals surface area (Å²) in [6.45, 7) is 2.62. The van der Waals surface area contributed by atoms with Crippen LogP contribution in [0.5, 0.6) is 0 Å². The number of ether oxygens (including phenoxy) is 1. The number of carboxylic acids is 1. The first kappa shape index (κ1) is 61.0. The third-order valence-electron chi connectivity index (χ3n) is 11.5. The van der Waals surface area contributed by atoms with E-state index < -0.39 is 57.6 Å². The Morgan fingerprint density at radius 1 is 0.508 bits per heavy atom. The third-order valence-corrected chi connectivity index (χ3v) is 12.4. The average Bonchev–Trinajstić information content (AvgIpc) is 3.26. The molecule has 0 saturated carbocycles. The highest BCUT2D eigenvalue weighted by atomic mass is 31.2. The second-order valence-electron chi connectivity index (χ2n) is 17.7. The number of aliphatic carboxylic acids is 1. The summed E-state index contributed by atoms with van der Waals surface area (Å²) in [5, 5.41) is 21.9. The van der Waals surface area contributed by atoms with Gasteiger partial charge in [0.1, 0.15) is 12.7 Å². The number of phosphoric ester groups is 1. The number of carboxylic acid groups (broad SMARTS) is 1. The van der Waals surface area contributed by atoms with Crippen molar-refractivity contribution in [1.29, 1.82) is 0 Å². The van der Waals surface area contributed by atoms with Crippen LogP contribution in [-0.2, 0) is 32.7 Å². The molecule has 3 unspecified atom stereocenters. The molecule has 0 spiro atoms. The number of rotatable bonds is 49. The molecule has 0 aromatic carbocycles. The molecular formula is C51H96NO10P. The molecule has 0 aromatic rings. The number of carbonyl (C=O) groups excluding carboxylic acids is 2. The molecule has 12 heteroatoms.